The topological polar surface area (TPSA) is 74.8 Å². The first-order valence-electron chi connectivity index (χ1n) is 10.3. The van der Waals surface area contributed by atoms with Crippen molar-refractivity contribution in [2.24, 2.45) is 11.0 Å². The summed E-state index contributed by atoms with van der Waals surface area (Å²) in [7, 11) is 0. The van der Waals surface area contributed by atoms with E-state index in [2.05, 4.69) is 32.3 Å². The van der Waals surface area contributed by atoms with Gasteiger partial charge in [-0.25, -0.2) is 5.01 Å². The summed E-state index contributed by atoms with van der Waals surface area (Å²) >= 11 is 0. The maximum atomic E-state index is 13.2. The predicted octanol–water partition coefficient (Wildman–Crippen LogP) is 3.91. The Balaban J connectivity index is 1.22. The Bertz CT molecular complexity index is 1030. The summed E-state index contributed by atoms with van der Waals surface area (Å²) in [6.07, 6.45) is 4.10. The van der Waals surface area contributed by atoms with Crippen molar-refractivity contribution in [1.82, 2.24) is 15.2 Å². The number of hydrogen-bond donors (Lipinski definition) is 0. The van der Waals surface area contributed by atoms with Gasteiger partial charge in [-0.3, -0.25) is 4.79 Å². The lowest BCUT2D eigenvalue weighted by Gasteiger charge is -2.32. The van der Waals surface area contributed by atoms with Gasteiger partial charge in [0.1, 0.15) is 0 Å². The zero-order valence-corrected chi connectivity index (χ0v) is 16.6. The van der Waals surface area contributed by atoms with E-state index in [0.717, 1.165) is 30.4 Å². The monoisotopic (exact) mass is 401 g/mol. The number of carbonyl (C=O) groups excluding carboxylic acids is 1. The third-order valence-electron chi connectivity index (χ3n) is 5.79. The van der Waals surface area contributed by atoms with Crippen LogP contribution in [0, 0.1) is 5.92 Å². The van der Waals surface area contributed by atoms with Gasteiger partial charge in [-0.1, -0.05) is 53.6 Å². The van der Waals surface area contributed by atoms with E-state index in [9.17, 15) is 4.79 Å². The molecule has 1 fully saturated rings. The van der Waals surface area contributed by atoms with E-state index in [4.69, 9.17) is 4.42 Å². The van der Waals surface area contributed by atoms with Crippen molar-refractivity contribution in [2.75, 3.05) is 18.0 Å². The molecule has 1 saturated heterocycles. The van der Waals surface area contributed by atoms with Gasteiger partial charge < -0.3 is 9.32 Å². The highest BCUT2D eigenvalue weighted by Gasteiger charge is 2.35. The Labute approximate surface area is 175 Å². The van der Waals surface area contributed by atoms with Gasteiger partial charge in [-0.05, 0) is 30.5 Å². The van der Waals surface area contributed by atoms with Crippen LogP contribution in [0.25, 0.3) is 11.5 Å². The largest absolute Gasteiger partial charge is 0.403 e. The van der Waals surface area contributed by atoms with E-state index in [-0.39, 0.29) is 17.9 Å². The third-order valence-corrected chi connectivity index (χ3v) is 5.79. The summed E-state index contributed by atoms with van der Waals surface area (Å²) in [6, 6.07) is 20.4. The molecule has 3 aromatic rings. The number of hydrogen-bond acceptors (Lipinski definition) is 6. The van der Waals surface area contributed by atoms with Crippen LogP contribution in [0.5, 0.6) is 0 Å². The highest BCUT2D eigenvalue weighted by atomic mass is 16.4. The molecule has 2 aliphatic rings. The molecule has 0 unspecified atom stereocenters. The summed E-state index contributed by atoms with van der Waals surface area (Å²) in [6.45, 7) is 1.42. The number of piperidine rings is 1. The standard InChI is InChI=1S/C23H23N5O2/c29-22(28-20(11-14-24-28)17-7-3-1-4-8-17)19-12-15-27(16-13-19)23-26-25-21(30-23)18-9-5-2-6-10-18/h1-10,14,19-20H,11-13,15-16H2/t20-/m0/s1. The van der Waals surface area contributed by atoms with Crippen molar-refractivity contribution in [3.8, 4) is 11.5 Å². The molecule has 2 aliphatic heterocycles. The summed E-state index contributed by atoms with van der Waals surface area (Å²) in [4.78, 5) is 15.2. The number of carbonyl (C=O) groups is 1. The van der Waals surface area contributed by atoms with E-state index >= 15 is 0 Å². The minimum Gasteiger partial charge on any atom is -0.403 e. The lowest BCUT2D eigenvalue weighted by Crippen LogP contribution is -2.41. The van der Waals surface area contributed by atoms with Crippen molar-refractivity contribution in [2.45, 2.75) is 25.3 Å². The summed E-state index contributed by atoms with van der Waals surface area (Å²) in [5.74, 6) is 0.577. The molecule has 0 saturated carbocycles. The molecular weight excluding hydrogens is 378 g/mol. The minimum atomic E-state index is -0.0424. The maximum Gasteiger partial charge on any atom is 0.318 e. The highest BCUT2D eigenvalue weighted by Crippen LogP contribution is 2.32. The second-order valence-corrected chi connectivity index (χ2v) is 7.66. The van der Waals surface area contributed by atoms with Crippen molar-refractivity contribution in [3.63, 3.8) is 0 Å². The lowest BCUT2D eigenvalue weighted by atomic mass is 9.94. The van der Waals surface area contributed by atoms with Crippen LogP contribution in [0.15, 0.2) is 70.2 Å². The van der Waals surface area contributed by atoms with E-state index < -0.39 is 0 Å². The fourth-order valence-electron chi connectivity index (χ4n) is 4.12. The van der Waals surface area contributed by atoms with Crippen molar-refractivity contribution in [3.05, 3.63) is 66.2 Å². The van der Waals surface area contributed by atoms with E-state index in [1.807, 2.05) is 54.7 Å². The summed E-state index contributed by atoms with van der Waals surface area (Å²) < 4.78 is 5.86. The summed E-state index contributed by atoms with van der Waals surface area (Å²) in [5.41, 5.74) is 2.03. The zero-order chi connectivity index (χ0) is 20.3. The second kappa shape index (κ2) is 8.10. The zero-order valence-electron chi connectivity index (χ0n) is 16.6. The van der Waals surface area contributed by atoms with Crippen LogP contribution in [0.1, 0.15) is 30.9 Å². The Morgan fingerprint density at radius 3 is 2.37 bits per heavy atom. The van der Waals surface area contributed by atoms with Gasteiger partial charge in [-0.15, -0.1) is 5.10 Å². The number of hydrazone groups is 1. The second-order valence-electron chi connectivity index (χ2n) is 7.66. The molecule has 30 heavy (non-hydrogen) atoms. The number of aromatic nitrogens is 2. The van der Waals surface area contributed by atoms with Crippen LogP contribution in [-0.4, -0.2) is 40.4 Å². The van der Waals surface area contributed by atoms with Gasteiger partial charge in [0, 0.05) is 37.2 Å². The Hall–Kier alpha value is -3.48. The van der Waals surface area contributed by atoms with Crippen LogP contribution >= 0.6 is 0 Å². The van der Waals surface area contributed by atoms with Gasteiger partial charge in [0.05, 0.1) is 6.04 Å². The molecular formula is C23H23N5O2. The van der Waals surface area contributed by atoms with Crippen LogP contribution in [-0.2, 0) is 4.79 Å². The van der Waals surface area contributed by atoms with Crippen LogP contribution in [0.2, 0.25) is 0 Å². The normalized spacial score (nSPS) is 19.4. The number of amides is 1. The fraction of sp³-hybridized carbons (Fsp3) is 0.304. The number of nitrogens with zero attached hydrogens (tertiary/aromatic N) is 5. The molecule has 0 aliphatic carbocycles. The van der Waals surface area contributed by atoms with Crippen LogP contribution in [0.3, 0.4) is 0 Å². The molecule has 1 atom stereocenters. The first-order valence-corrected chi connectivity index (χ1v) is 10.3. The predicted molar refractivity (Wildman–Crippen MR) is 114 cm³/mol. The first-order chi connectivity index (χ1) is 14.8. The highest BCUT2D eigenvalue weighted by molar-refractivity contribution is 5.82. The molecule has 7 heteroatoms. The molecule has 5 rings (SSSR count). The number of anilines is 1. The molecule has 0 N–H and O–H groups in total. The Kier molecular flexibility index (Phi) is 5.01. The molecule has 7 nitrogen and oxygen atoms in total. The maximum absolute atomic E-state index is 13.2. The molecule has 0 spiro atoms. The molecule has 152 valence electrons. The molecule has 0 radical (unpaired) electrons. The molecule has 1 aromatic heterocycles. The molecule has 1 amide bonds. The van der Waals surface area contributed by atoms with Crippen molar-refractivity contribution < 1.29 is 9.21 Å². The Morgan fingerprint density at radius 2 is 1.63 bits per heavy atom. The Morgan fingerprint density at radius 1 is 0.933 bits per heavy atom. The minimum absolute atomic E-state index is 0.00102. The lowest BCUT2D eigenvalue weighted by molar-refractivity contribution is -0.138. The van der Waals surface area contributed by atoms with Gasteiger partial charge >= 0.3 is 6.01 Å². The SMILES string of the molecule is O=C(C1CCN(c2nnc(-c3ccccc3)o2)CC1)N1N=CC[C@H]1c1ccccc1. The first kappa shape index (κ1) is 18.5. The van der Waals surface area contributed by atoms with Crippen LogP contribution in [0.4, 0.5) is 6.01 Å². The number of rotatable bonds is 4. The van der Waals surface area contributed by atoms with Gasteiger partial charge in [0.15, 0.2) is 0 Å². The number of benzene rings is 2. The average Bonchev–Trinajstić information content (AvgIpc) is 3.50. The van der Waals surface area contributed by atoms with Crippen LogP contribution < -0.4 is 4.90 Å². The quantitative estimate of drug-likeness (QED) is 0.663. The van der Waals surface area contributed by atoms with Crippen molar-refractivity contribution in [1.29, 1.82) is 0 Å². The van der Waals surface area contributed by atoms with E-state index in [1.165, 1.54) is 0 Å². The van der Waals surface area contributed by atoms with Gasteiger partial charge in [0.25, 0.3) is 0 Å². The van der Waals surface area contributed by atoms with E-state index in [1.54, 1.807) is 5.01 Å². The summed E-state index contributed by atoms with van der Waals surface area (Å²) in [5, 5.41) is 14.4. The van der Waals surface area contributed by atoms with Gasteiger partial charge in [-0.2, -0.15) is 5.10 Å². The third kappa shape index (κ3) is 3.58. The van der Waals surface area contributed by atoms with Gasteiger partial charge in [0.2, 0.25) is 11.8 Å². The van der Waals surface area contributed by atoms with Crippen molar-refractivity contribution >= 4 is 18.1 Å². The smallest absolute Gasteiger partial charge is 0.318 e. The average molecular weight is 401 g/mol. The van der Waals surface area contributed by atoms with E-state index in [0.29, 0.717) is 25.0 Å². The molecule has 0 bridgehead atoms. The molecule has 3 heterocycles. The fourth-order valence-corrected chi connectivity index (χ4v) is 4.12. The molecule has 2 aromatic carbocycles.